The highest BCUT2D eigenvalue weighted by atomic mass is 32.2. The van der Waals surface area contributed by atoms with Gasteiger partial charge in [0.2, 0.25) is 0 Å². The Morgan fingerprint density at radius 3 is 2.81 bits per heavy atom. The zero-order valence-corrected chi connectivity index (χ0v) is 19.5. The van der Waals surface area contributed by atoms with Crippen LogP contribution in [0.4, 0.5) is 5.82 Å². The Morgan fingerprint density at radius 1 is 1.26 bits per heavy atom. The first-order valence-electron chi connectivity index (χ1n) is 10.9. The van der Waals surface area contributed by atoms with Gasteiger partial charge in [-0.3, -0.25) is 4.79 Å². The van der Waals surface area contributed by atoms with Crippen LogP contribution in [0.2, 0.25) is 0 Å². The maximum atomic E-state index is 12.2. The second kappa shape index (κ2) is 8.88. The first kappa shape index (κ1) is 20.9. The Kier molecular flexibility index (Phi) is 5.99. The lowest BCUT2D eigenvalue weighted by Crippen LogP contribution is -2.37. The molecule has 1 aliphatic heterocycles. The van der Waals surface area contributed by atoms with Crippen LogP contribution in [0.5, 0.6) is 0 Å². The smallest absolute Gasteiger partial charge is 0.319 e. The Hall–Kier alpha value is -1.97. The number of carbonyl (C=O) groups excluding carboxylic acids is 1. The van der Waals surface area contributed by atoms with Gasteiger partial charge in [0, 0.05) is 18.5 Å². The van der Waals surface area contributed by atoms with E-state index in [4.69, 9.17) is 14.5 Å². The quantitative estimate of drug-likeness (QED) is 0.323. The van der Waals surface area contributed by atoms with Gasteiger partial charge in [0.25, 0.3) is 0 Å². The minimum Gasteiger partial charge on any atom is -0.465 e. The van der Waals surface area contributed by atoms with Gasteiger partial charge in [-0.1, -0.05) is 11.8 Å². The summed E-state index contributed by atoms with van der Waals surface area (Å²) in [5.41, 5.74) is 3.75. The van der Waals surface area contributed by atoms with Crippen molar-refractivity contribution >= 4 is 55.3 Å². The number of fused-ring (bicyclic) bond motifs is 5. The molecule has 0 spiro atoms. The van der Waals surface area contributed by atoms with Crippen molar-refractivity contribution in [3.05, 3.63) is 17.5 Å². The number of anilines is 1. The van der Waals surface area contributed by atoms with E-state index in [0.29, 0.717) is 6.61 Å². The van der Waals surface area contributed by atoms with Crippen LogP contribution in [0.25, 0.3) is 20.4 Å². The predicted octanol–water partition coefficient (Wildman–Crippen LogP) is 4.00. The fourth-order valence-corrected chi connectivity index (χ4v) is 6.53. The summed E-state index contributed by atoms with van der Waals surface area (Å²) in [5.74, 6) is 0.907. The Balaban J connectivity index is 1.63. The summed E-state index contributed by atoms with van der Waals surface area (Å²) in [6.07, 6.45) is 6.13. The van der Waals surface area contributed by atoms with Gasteiger partial charge < -0.3 is 14.4 Å². The van der Waals surface area contributed by atoms with Crippen LogP contribution >= 0.6 is 23.1 Å². The van der Waals surface area contributed by atoms with E-state index < -0.39 is 0 Å². The molecule has 4 heterocycles. The van der Waals surface area contributed by atoms with Gasteiger partial charge in [0.1, 0.15) is 27.3 Å². The van der Waals surface area contributed by atoms with Crippen LogP contribution in [0, 0.1) is 0 Å². The molecule has 0 saturated carbocycles. The number of pyridine rings is 1. The second-order valence-electron chi connectivity index (χ2n) is 7.85. The summed E-state index contributed by atoms with van der Waals surface area (Å²) in [6.45, 7) is 7.33. The highest BCUT2D eigenvalue weighted by Gasteiger charge is 2.27. The molecule has 1 fully saturated rings. The van der Waals surface area contributed by atoms with E-state index in [9.17, 15) is 4.79 Å². The number of thiophene rings is 1. The van der Waals surface area contributed by atoms with Gasteiger partial charge in [-0.05, 0) is 50.7 Å². The highest BCUT2D eigenvalue weighted by molar-refractivity contribution is 8.00. The monoisotopic (exact) mass is 458 g/mol. The standard InChI is InChI=1S/C22H26N4O3S2/c1-3-29-22(27)13(2)30-21-18-17(23-12-24-21)16-14-6-4-5-7-15(14)19(25-20(16)31-18)26-8-10-28-11-9-26/h12-13H,3-11H2,1-2H3/t13-/m0/s1. The molecule has 9 heteroatoms. The SMILES string of the molecule is CCOC(=O)[C@H](C)Sc1ncnc2c1sc1nc(N3CCOCC3)c3c(c12)CCCC3. The molecule has 1 atom stereocenters. The highest BCUT2D eigenvalue weighted by Crippen LogP contribution is 2.43. The fraction of sp³-hybridized carbons (Fsp3) is 0.545. The molecule has 1 saturated heterocycles. The van der Waals surface area contributed by atoms with E-state index in [-0.39, 0.29) is 11.2 Å². The van der Waals surface area contributed by atoms with E-state index in [1.54, 1.807) is 17.7 Å². The van der Waals surface area contributed by atoms with E-state index in [2.05, 4.69) is 14.9 Å². The van der Waals surface area contributed by atoms with Crippen LogP contribution in [-0.4, -0.2) is 59.1 Å². The first-order chi connectivity index (χ1) is 15.2. The normalized spacial score (nSPS) is 17.7. The van der Waals surface area contributed by atoms with E-state index in [1.807, 2.05) is 13.8 Å². The second-order valence-corrected chi connectivity index (χ2v) is 10.2. The Morgan fingerprint density at radius 2 is 2.03 bits per heavy atom. The number of ether oxygens (including phenoxy) is 2. The largest absolute Gasteiger partial charge is 0.465 e. The topological polar surface area (TPSA) is 77.4 Å². The van der Waals surface area contributed by atoms with Crippen LogP contribution in [0.15, 0.2) is 11.4 Å². The predicted molar refractivity (Wildman–Crippen MR) is 124 cm³/mol. The number of morpholine rings is 1. The summed E-state index contributed by atoms with van der Waals surface area (Å²) < 4.78 is 11.8. The average Bonchev–Trinajstić information content (AvgIpc) is 3.19. The van der Waals surface area contributed by atoms with Gasteiger partial charge in [-0.2, -0.15) is 0 Å². The number of aromatic nitrogens is 3. The molecular formula is C22H26N4O3S2. The lowest BCUT2D eigenvalue weighted by Gasteiger charge is -2.31. The number of esters is 1. The van der Waals surface area contributed by atoms with Crippen molar-refractivity contribution in [3.8, 4) is 0 Å². The molecule has 1 aliphatic carbocycles. The third-order valence-corrected chi connectivity index (χ3v) is 8.17. The molecule has 7 nitrogen and oxygen atoms in total. The number of thioether (sulfide) groups is 1. The van der Waals surface area contributed by atoms with E-state index in [0.717, 1.165) is 65.0 Å². The lowest BCUT2D eigenvalue weighted by molar-refractivity contribution is -0.142. The molecule has 0 unspecified atom stereocenters. The maximum absolute atomic E-state index is 12.2. The minimum absolute atomic E-state index is 0.217. The molecule has 3 aromatic heterocycles. The number of hydrogen-bond acceptors (Lipinski definition) is 9. The zero-order valence-electron chi connectivity index (χ0n) is 17.8. The summed E-state index contributed by atoms with van der Waals surface area (Å²) in [6, 6.07) is 0. The van der Waals surface area contributed by atoms with E-state index in [1.165, 1.54) is 41.1 Å². The molecule has 2 aliphatic rings. The van der Waals surface area contributed by atoms with Crippen molar-refractivity contribution in [1.82, 2.24) is 15.0 Å². The van der Waals surface area contributed by atoms with Crippen molar-refractivity contribution in [2.24, 2.45) is 0 Å². The van der Waals surface area contributed by atoms with Crippen molar-refractivity contribution < 1.29 is 14.3 Å². The summed E-state index contributed by atoms with van der Waals surface area (Å²) >= 11 is 3.08. The van der Waals surface area contributed by atoms with Crippen molar-refractivity contribution in [2.45, 2.75) is 49.8 Å². The maximum Gasteiger partial charge on any atom is 0.319 e. The molecular weight excluding hydrogens is 432 g/mol. The molecule has 0 N–H and O–H groups in total. The molecule has 0 amide bonds. The third kappa shape index (κ3) is 3.87. The summed E-state index contributed by atoms with van der Waals surface area (Å²) in [7, 11) is 0. The molecule has 5 rings (SSSR count). The van der Waals surface area contributed by atoms with Crippen LogP contribution in [-0.2, 0) is 27.1 Å². The molecule has 0 aromatic carbocycles. The van der Waals surface area contributed by atoms with Crippen LogP contribution in [0.3, 0.4) is 0 Å². The van der Waals surface area contributed by atoms with Crippen molar-refractivity contribution in [1.29, 1.82) is 0 Å². The molecule has 164 valence electrons. The molecule has 31 heavy (non-hydrogen) atoms. The van der Waals surface area contributed by atoms with E-state index >= 15 is 0 Å². The van der Waals surface area contributed by atoms with Gasteiger partial charge in [-0.15, -0.1) is 11.3 Å². The molecule has 0 bridgehead atoms. The fourth-order valence-electron chi connectivity index (χ4n) is 4.41. The van der Waals surface area contributed by atoms with Gasteiger partial charge in [-0.25, -0.2) is 15.0 Å². The third-order valence-electron chi connectivity index (χ3n) is 5.89. The van der Waals surface area contributed by atoms with Crippen LogP contribution < -0.4 is 4.90 Å². The number of rotatable bonds is 5. The van der Waals surface area contributed by atoms with Gasteiger partial charge in [0.15, 0.2) is 0 Å². The number of hydrogen-bond donors (Lipinski definition) is 0. The number of nitrogens with zero attached hydrogens (tertiary/aromatic N) is 4. The first-order valence-corrected chi connectivity index (χ1v) is 12.6. The average molecular weight is 459 g/mol. The lowest BCUT2D eigenvalue weighted by atomic mass is 9.90. The molecule has 3 aromatic rings. The van der Waals surface area contributed by atoms with Crippen molar-refractivity contribution in [3.63, 3.8) is 0 Å². The van der Waals surface area contributed by atoms with Gasteiger partial charge >= 0.3 is 5.97 Å². The molecule has 0 radical (unpaired) electrons. The number of carbonyl (C=O) groups is 1. The van der Waals surface area contributed by atoms with Crippen LogP contribution in [0.1, 0.15) is 37.8 Å². The Labute approximate surface area is 189 Å². The van der Waals surface area contributed by atoms with Crippen molar-refractivity contribution in [2.75, 3.05) is 37.8 Å². The zero-order chi connectivity index (χ0) is 21.4. The number of aryl methyl sites for hydroxylation is 1. The van der Waals surface area contributed by atoms with Gasteiger partial charge in [0.05, 0.1) is 30.0 Å². The summed E-state index contributed by atoms with van der Waals surface area (Å²) in [4.78, 5) is 29.9. The Bertz CT molecular complexity index is 1130. The minimum atomic E-state index is -0.325. The summed E-state index contributed by atoms with van der Waals surface area (Å²) in [5, 5.41) is 1.68.